The zero-order valence-electron chi connectivity index (χ0n) is 11.2. The fourth-order valence-corrected chi connectivity index (χ4v) is 3.72. The molecule has 7 nitrogen and oxygen atoms in total. The topological polar surface area (TPSA) is 98.0 Å². The van der Waals surface area contributed by atoms with E-state index in [9.17, 15) is 14.3 Å². The zero-order valence-corrected chi connectivity index (χ0v) is 12.0. The number of nitrogens with zero attached hydrogens (tertiary/aromatic N) is 3. The third-order valence-corrected chi connectivity index (χ3v) is 5.20. The van der Waals surface area contributed by atoms with Crippen molar-refractivity contribution in [1.82, 2.24) is 15.3 Å². The number of nitrogens with one attached hydrogen (secondary N) is 1. The molecule has 1 aliphatic rings. The van der Waals surface area contributed by atoms with Crippen molar-refractivity contribution in [2.75, 3.05) is 13.1 Å². The third kappa shape index (κ3) is 2.91. The van der Waals surface area contributed by atoms with Crippen LogP contribution in [-0.4, -0.2) is 37.4 Å². The first-order valence-corrected chi connectivity index (χ1v) is 7.89. The molecule has 21 heavy (non-hydrogen) atoms. The maximum Gasteiger partial charge on any atom is 0.271 e. The highest BCUT2D eigenvalue weighted by Gasteiger charge is 2.22. The van der Waals surface area contributed by atoms with Crippen molar-refractivity contribution >= 4 is 27.5 Å². The Labute approximate surface area is 123 Å². The van der Waals surface area contributed by atoms with Gasteiger partial charge in [-0.3, -0.25) is 19.3 Å². The summed E-state index contributed by atoms with van der Waals surface area (Å²) >= 11 is 0. The summed E-state index contributed by atoms with van der Waals surface area (Å²) in [4.78, 5) is 18.8. The van der Waals surface area contributed by atoms with E-state index in [2.05, 4.69) is 15.3 Å². The molecule has 0 amide bonds. The molecular formula is C13H14N4O3S. The summed E-state index contributed by atoms with van der Waals surface area (Å²) in [6.07, 6.45) is 3.17. The summed E-state index contributed by atoms with van der Waals surface area (Å²) in [6.45, 7) is 1.73. The highest BCUT2D eigenvalue weighted by molar-refractivity contribution is 7.85. The smallest absolute Gasteiger partial charge is 0.271 e. The number of nitro groups is 1. The number of hydrogen-bond donors (Lipinski definition) is 1. The lowest BCUT2D eigenvalue weighted by Gasteiger charge is -2.21. The summed E-state index contributed by atoms with van der Waals surface area (Å²) in [5.41, 5.74) is 0.944. The number of aromatic nitrogens is 2. The molecule has 1 aromatic heterocycles. The van der Waals surface area contributed by atoms with E-state index in [0.29, 0.717) is 16.1 Å². The van der Waals surface area contributed by atoms with Gasteiger partial charge >= 0.3 is 0 Å². The molecule has 1 aromatic carbocycles. The molecule has 2 aromatic rings. The summed E-state index contributed by atoms with van der Waals surface area (Å²) in [7, 11) is -1.19. The van der Waals surface area contributed by atoms with Gasteiger partial charge in [0.25, 0.3) is 5.69 Å². The average Bonchev–Trinajstić information content (AvgIpc) is 2.54. The van der Waals surface area contributed by atoms with Crippen molar-refractivity contribution in [1.29, 1.82) is 0 Å². The molecule has 1 saturated heterocycles. The second-order valence-corrected chi connectivity index (χ2v) is 6.56. The summed E-state index contributed by atoms with van der Waals surface area (Å²) < 4.78 is 12.5. The van der Waals surface area contributed by atoms with Crippen molar-refractivity contribution in [2.45, 2.75) is 23.1 Å². The molecule has 1 aliphatic heterocycles. The highest BCUT2D eigenvalue weighted by atomic mass is 32.2. The van der Waals surface area contributed by atoms with E-state index in [1.165, 1.54) is 18.3 Å². The molecule has 0 saturated carbocycles. The van der Waals surface area contributed by atoms with Gasteiger partial charge in [-0.2, -0.15) is 0 Å². The summed E-state index contributed by atoms with van der Waals surface area (Å²) in [6, 6.07) is 4.30. The number of benzene rings is 1. The molecule has 0 spiro atoms. The van der Waals surface area contributed by atoms with Gasteiger partial charge in [0, 0.05) is 17.4 Å². The van der Waals surface area contributed by atoms with E-state index < -0.39 is 15.7 Å². The minimum atomic E-state index is -1.19. The molecule has 0 bridgehead atoms. The van der Waals surface area contributed by atoms with E-state index in [0.717, 1.165) is 25.9 Å². The Morgan fingerprint density at radius 3 is 2.76 bits per heavy atom. The first-order chi connectivity index (χ1) is 10.1. The molecule has 0 radical (unpaired) electrons. The number of nitro benzene ring substituents is 1. The monoisotopic (exact) mass is 306 g/mol. The predicted molar refractivity (Wildman–Crippen MR) is 78.5 cm³/mol. The first-order valence-electron chi connectivity index (χ1n) is 6.67. The number of fused-ring (bicyclic) bond motifs is 1. The molecule has 1 atom stereocenters. The lowest BCUT2D eigenvalue weighted by Crippen LogP contribution is -2.33. The van der Waals surface area contributed by atoms with Crippen LogP contribution < -0.4 is 5.32 Å². The number of piperidine rings is 1. The first kappa shape index (κ1) is 14.0. The highest BCUT2D eigenvalue weighted by Crippen LogP contribution is 2.21. The number of non-ortho nitro benzene ring substituents is 1. The lowest BCUT2D eigenvalue weighted by atomic mass is 10.2. The van der Waals surface area contributed by atoms with Gasteiger partial charge in [0.2, 0.25) is 0 Å². The van der Waals surface area contributed by atoms with E-state index >= 15 is 0 Å². The van der Waals surface area contributed by atoms with Crippen molar-refractivity contribution in [3.63, 3.8) is 0 Å². The van der Waals surface area contributed by atoms with Crippen LogP contribution in [0.2, 0.25) is 0 Å². The fourth-order valence-electron chi connectivity index (χ4n) is 2.37. The zero-order chi connectivity index (χ0) is 14.8. The van der Waals surface area contributed by atoms with Gasteiger partial charge in [0.1, 0.15) is 5.03 Å². The van der Waals surface area contributed by atoms with E-state index in [1.807, 2.05) is 0 Å². The second kappa shape index (κ2) is 5.82. The fraction of sp³-hybridized carbons (Fsp3) is 0.385. The predicted octanol–water partition coefficient (Wildman–Crippen LogP) is 1.40. The lowest BCUT2D eigenvalue weighted by molar-refractivity contribution is -0.384. The van der Waals surface area contributed by atoms with E-state index in [1.54, 1.807) is 6.07 Å². The Morgan fingerprint density at radius 1 is 1.29 bits per heavy atom. The number of rotatable bonds is 3. The Bertz CT molecular complexity index is 716. The molecule has 110 valence electrons. The van der Waals surface area contributed by atoms with Gasteiger partial charge in [-0.15, -0.1) is 0 Å². The number of hydrogen-bond acceptors (Lipinski definition) is 6. The SMILES string of the molecule is O=[N+]([O-])c1ccc2nc(S(=O)C3CCNCC3)cnc2c1. The minimum absolute atomic E-state index is 0.0240. The second-order valence-electron chi connectivity index (χ2n) is 4.89. The molecule has 1 fully saturated rings. The van der Waals surface area contributed by atoms with E-state index in [4.69, 9.17) is 0 Å². The van der Waals surface area contributed by atoms with Crippen LogP contribution in [0.25, 0.3) is 11.0 Å². The normalized spacial score (nSPS) is 17.7. The van der Waals surface area contributed by atoms with Crippen LogP contribution >= 0.6 is 0 Å². The Hall–Kier alpha value is -1.93. The van der Waals surface area contributed by atoms with Crippen LogP contribution in [0.1, 0.15) is 12.8 Å². The maximum atomic E-state index is 12.5. The van der Waals surface area contributed by atoms with Gasteiger partial charge in [0.05, 0.1) is 33.0 Å². The van der Waals surface area contributed by atoms with Gasteiger partial charge in [0.15, 0.2) is 0 Å². The molecular weight excluding hydrogens is 292 g/mol. The quantitative estimate of drug-likeness (QED) is 0.680. The Kier molecular flexibility index (Phi) is 3.89. The summed E-state index contributed by atoms with van der Waals surface area (Å²) in [5, 5.41) is 14.5. The van der Waals surface area contributed by atoms with Crippen molar-refractivity contribution in [3.05, 3.63) is 34.5 Å². The average molecular weight is 306 g/mol. The molecule has 0 aliphatic carbocycles. The third-order valence-electron chi connectivity index (χ3n) is 3.51. The van der Waals surface area contributed by atoms with Crippen LogP contribution in [0.4, 0.5) is 5.69 Å². The van der Waals surface area contributed by atoms with E-state index in [-0.39, 0.29) is 10.9 Å². The van der Waals surface area contributed by atoms with Gasteiger partial charge in [-0.1, -0.05) is 0 Å². The Morgan fingerprint density at radius 2 is 2.05 bits per heavy atom. The largest absolute Gasteiger partial charge is 0.317 e. The van der Waals surface area contributed by atoms with Crippen molar-refractivity contribution < 1.29 is 9.13 Å². The van der Waals surface area contributed by atoms with Crippen LogP contribution in [0.3, 0.4) is 0 Å². The molecule has 2 heterocycles. The molecule has 8 heteroatoms. The minimum Gasteiger partial charge on any atom is -0.317 e. The van der Waals surface area contributed by atoms with Crippen molar-refractivity contribution in [2.24, 2.45) is 0 Å². The van der Waals surface area contributed by atoms with Crippen LogP contribution in [0, 0.1) is 10.1 Å². The Balaban J connectivity index is 1.91. The molecule has 1 N–H and O–H groups in total. The van der Waals surface area contributed by atoms with Gasteiger partial charge in [-0.05, 0) is 32.0 Å². The molecule has 1 unspecified atom stereocenters. The van der Waals surface area contributed by atoms with Crippen LogP contribution in [-0.2, 0) is 10.8 Å². The molecule has 3 rings (SSSR count). The van der Waals surface area contributed by atoms with Crippen molar-refractivity contribution in [3.8, 4) is 0 Å². The maximum absolute atomic E-state index is 12.5. The summed E-state index contributed by atoms with van der Waals surface area (Å²) in [5.74, 6) is 0. The standard InChI is InChI=1S/C13H14N4O3S/c18-17(19)9-1-2-11-12(7-9)15-8-13(16-11)21(20)10-3-5-14-6-4-10/h1-2,7-8,10,14H,3-6H2. The van der Waals surface area contributed by atoms with Crippen LogP contribution in [0.15, 0.2) is 29.4 Å². The van der Waals surface area contributed by atoms with Gasteiger partial charge in [-0.25, -0.2) is 4.98 Å². The van der Waals surface area contributed by atoms with Crippen LogP contribution in [0.5, 0.6) is 0 Å². The van der Waals surface area contributed by atoms with Gasteiger partial charge < -0.3 is 5.32 Å².